The van der Waals surface area contributed by atoms with Crippen LogP contribution in [0.4, 0.5) is 13.2 Å². The van der Waals surface area contributed by atoms with E-state index in [2.05, 4.69) is 16.8 Å². The highest BCUT2D eigenvalue weighted by Gasteiger charge is 2.30. The molecule has 9 heteroatoms. The summed E-state index contributed by atoms with van der Waals surface area (Å²) < 4.78 is 37.6. The van der Waals surface area contributed by atoms with E-state index in [0.717, 1.165) is 26.2 Å². The summed E-state index contributed by atoms with van der Waals surface area (Å²) in [6, 6.07) is 3.90. The Morgan fingerprint density at radius 1 is 1.29 bits per heavy atom. The van der Waals surface area contributed by atoms with Crippen molar-refractivity contribution in [1.82, 2.24) is 10.2 Å². The molecule has 138 valence electrons. The second kappa shape index (κ2) is 10.4. The molecule has 0 aliphatic carbocycles. The highest BCUT2D eigenvalue weighted by atomic mass is 35.5. The van der Waals surface area contributed by atoms with E-state index in [9.17, 15) is 18.3 Å². The predicted octanol–water partition coefficient (Wildman–Crippen LogP) is 4.37. The molecule has 24 heavy (non-hydrogen) atoms. The Balaban J connectivity index is 0.00000264. The van der Waals surface area contributed by atoms with Gasteiger partial charge in [-0.25, -0.2) is 0 Å². The van der Waals surface area contributed by atoms with Crippen LogP contribution in [0.2, 0.25) is 0 Å². The van der Waals surface area contributed by atoms with E-state index in [1.807, 2.05) is 0 Å². The van der Waals surface area contributed by atoms with Crippen LogP contribution < -0.4 is 5.32 Å². The number of phenolic OH excluding ortho intramolecular Hbond substituents is 1. The van der Waals surface area contributed by atoms with Gasteiger partial charge in [0.15, 0.2) is 0 Å². The fraction of sp³-hybridized carbons (Fsp3) is 0.467. The van der Waals surface area contributed by atoms with Crippen LogP contribution in [-0.2, 0) is 0 Å². The molecule has 2 rings (SSSR count). The SMILES string of the molecule is C=CC[C@@H](c1cc(SC(F)(F)F)ccc1O)N1CCNCC1.Cl.Cl. The van der Waals surface area contributed by atoms with Crippen LogP contribution >= 0.6 is 36.6 Å². The van der Waals surface area contributed by atoms with Gasteiger partial charge >= 0.3 is 5.51 Å². The Morgan fingerprint density at radius 2 is 1.92 bits per heavy atom. The van der Waals surface area contributed by atoms with Gasteiger partial charge in [0.05, 0.1) is 0 Å². The monoisotopic (exact) mass is 404 g/mol. The first-order chi connectivity index (χ1) is 10.4. The Labute approximate surface area is 156 Å². The fourth-order valence-electron chi connectivity index (χ4n) is 2.62. The topological polar surface area (TPSA) is 35.5 Å². The van der Waals surface area contributed by atoms with Gasteiger partial charge in [0.2, 0.25) is 0 Å². The van der Waals surface area contributed by atoms with Crippen LogP contribution in [0.15, 0.2) is 35.7 Å². The van der Waals surface area contributed by atoms with Crippen molar-refractivity contribution in [2.75, 3.05) is 26.2 Å². The van der Waals surface area contributed by atoms with Gasteiger partial charge in [-0.2, -0.15) is 13.2 Å². The lowest BCUT2D eigenvalue weighted by atomic mass is 10.00. The van der Waals surface area contributed by atoms with Gasteiger partial charge in [-0.1, -0.05) is 6.08 Å². The lowest BCUT2D eigenvalue weighted by Gasteiger charge is -2.35. The third-order valence-corrected chi connectivity index (χ3v) is 4.29. The third-order valence-electron chi connectivity index (χ3n) is 3.57. The number of nitrogens with zero attached hydrogens (tertiary/aromatic N) is 1. The predicted molar refractivity (Wildman–Crippen MR) is 96.5 cm³/mol. The number of hydrogen-bond acceptors (Lipinski definition) is 4. The third kappa shape index (κ3) is 6.72. The summed E-state index contributed by atoms with van der Waals surface area (Å²) in [5.41, 5.74) is -3.81. The molecule has 1 aromatic carbocycles. The molecule has 1 aliphatic rings. The van der Waals surface area contributed by atoms with Crippen molar-refractivity contribution in [3.8, 4) is 5.75 Å². The van der Waals surface area contributed by atoms with Crippen molar-refractivity contribution in [2.24, 2.45) is 0 Å². The van der Waals surface area contributed by atoms with E-state index in [0.29, 0.717) is 12.0 Å². The number of hydrogen-bond donors (Lipinski definition) is 2. The van der Waals surface area contributed by atoms with Gasteiger partial charge in [-0.15, -0.1) is 31.4 Å². The molecular weight excluding hydrogens is 384 g/mol. The van der Waals surface area contributed by atoms with Crippen molar-refractivity contribution in [1.29, 1.82) is 0 Å². The zero-order valence-corrected chi connectivity index (χ0v) is 15.3. The molecule has 3 nitrogen and oxygen atoms in total. The van der Waals surface area contributed by atoms with E-state index >= 15 is 0 Å². The highest BCUT2D eigenvalue weighted by Crippen LogP contribution is 2.40. The largest absolute Gasteiger partial charge is 0.508 e. The van der Waals surface area contributed by atoms with E-state index in [1.165, 1.54) is 18.2 Å². The molecule has 1 aliphatic heterocycles. The first-order valence-corrected chi connectivity index (χ1v) is 7.86. The van der Waals surface area contributed by atoms with Gasteiger partial charge in [0.25, 0.3) is 0 Å². The fourth-order valence-corrected chi connectivity index (χ4v) is 3.21. The molecule has 0 unspecified atom stereocenters. The van der Waals surface area contributed by atoms with Crippen LogP contribution in [0.5, 0.6) is 5.75 Å². The molecule has 0 saturated carbocycles. The van der Waals surface area contributed by atoms with Gasteiger partial charge in [0, 0.05) is 42.7 Å². The number of thioether (sulfide) groups is 1. The number of piperazine rings is 1. The summed E-state index contributed by atoms with van der Waals surface area (Å²) in [6.07, 6.45) is 2.31. The number of phenols is 1. The van der Waals surface area contributed by atoms with Gasteiger partial charge in [-0.3, -0.25) is 4.90 Å². The smallest absolute Gasteiger partial charge is 0.446 e. The van der Waals surface area contributed by atoms with Crippen LogP contribution in [0.25, 0.3) is 0 Å². The highest BCUT2D eigenvalue weighted by molar-refractivity contribution is 8.00. The molecule has 1 fully saturated rings. The Hall–Kier alpha value is -0.600. The number of nitrogens with one attached hydrogen (secondary N) is 1. The summed E-state index contributed by atoms with van der Waals surface area (Å²) in [5, 5.41) is 13.3. The molecule has 0 amide bonds. The average Bonchev–Trinajstić information content (AvgIpc) is 2.46. The molecule has 1 aromatic rings. The number of aromatic hydroxyl groups is 1. The van der Waals surface area contributed by atoms with Crippen molar-refractivity contribution in [3.05, 3.63) is 36.4 Å². The van der Waals surface area contributed by atoms with Gasteiger partial charge in [-0.05, 0) is 36.4 Å². The van der Waals surface area contributed by atoms with Gasteiger partial charge in [0.1, 0.15) is 5.75 Å². The summed E-state index contributed by atoms with van der Waals surface area (Å²) in [6.45, 7) is 6.95. The number of benzene rings is 1. The minimum atomic E-state index is -4.34. The lowest BCUT2D eigenvalue weighted by Crippen LogP contribution is -2.45. The second-order valence-electron chi connectivity index (χ2n) is 5.09. The summed E-state index contributed by atoms with van der Waals surface area (Å²) >= 11 is -0.162. The van der Waals surface area contributed by atoms with E-state index in [-0.39, 0.29) is 53.3 Å². The quantitative estimate of drug-likeness (QED) is 0.564. The minimum Gasteiger partial charge on any atom is -0.508 e. The summed E-state index contributed by atoms with van der Waals surface area (Å²) in [4.78, 5) is 2.25. The Bertz CT molecular complexity index is 526. The first kappa shape index (κ1) is 23.4. The van der Waals surface area contributed by atoms with Crippen LogP contribution in [0, 0.1) is 0 Å². The standard InChI is InChI=1S/C15H19F3N2OS.2ClH/c1-2-3-13(20-8-6-19-7-9-20)12-10-11(4-5-14(12)21)22-15(16,17)18;;/h2,4-5,10,13,19,21H,1,3,6-9H2;2*1H/t13-;;/m0../s1. The van der Waals surface area contributed by atoms with E-state index in [1.54, 1.807) is 6.08 Å². The molecule has 0 spiro atoms. The number of rotatable bonds is 5. The molecule has 0 aromatic heterocycles. The molecule has 0 bridgehead atoms. The van der Waals surface area contributed by atoms with Crippen LogP contribution in [0.3, 0.4) is 0 Å². The van der Waals surface area contributed by atoms with Crippen molar-refractivity contribution >= 4 is 36.6 Å². The Kier molecular flexibility index (Phi) is 10.1. The lowest BCUT2D eigenvalue weighted by molar-refractivity contribution is -0.0328. The van der Waals surface area contributed by atoms with E-state index in [4.69, 9.17) is 0 Å². The maximum absolute atomic E-state index is 12.5. The molecule has 0 radical (unpaired) electrons. The van der Waals surface area contributed by atoms with E-state index < -0.39 is 5.51 Å². The number of alkyl halides is 3. The van der Waals surface area contributed by atoms with Crippen molar-refractivity contribution in [3.63, 3.8) is 0 Å². The summed E-state index contributed by atoms with van der Waals surface area (Å²) in [7, 11) is 0. The molecule has 1 heterocycles. The zero-order valence-electron chi connectivity index (χ0n) is 12.9. The zero-order chi connectivity index (χ0) is 16.2. The number of halogens is 5. The molecule has 1 saturated heterocycles. The van der Waals surface area contributed by atoms with Crippen molar-refractivity contribution in [2.45, 2.75) is 22.9 Å². The minimum absolute atomic E-state index is 0. The van der Waals surface area contributed by atoms with Crippen molar-refractivity contribution < 1.29 is 18.3 Å². The maximum Gasteiger partial charge on any atom is 0.446 e. The first-order valence-electron chi connectivity index (χ1n) is 7.05. The molecule has 1 atom stereocenters. The normalized spacial score (nSPS) is 16.6. The maximum atomic E-state index is 12.5. The van der Waals surface area contributed by atoms with Crippen LogP contribution in [-0.4, -0.2) is 41.7 Å². The van der Waals surface area contributed by atoms with Crippen LogP contribution in [0.1, 0.15) is 18.0 Å². The second-order valence-corrected chi connectivity index (χ2v) is 6.23. The Morgan fingerprint density at radius 3 is 2.46 bits per heavy atom. The average molecular weight is 405 g/mol. The summed E-state index contributed by atoms with van der Waals surface area (Å²) in [5.74, 6) is 0.0249. The molecular formula is C15H21Cl2F3N2OS. The molecule has 2 N–H and O–H groups in total. The van der Waals surface area contributed by atoms with Gasteiger partial charge < -0.3 is 10.4 Å².